The minimum atomic E-state index is -0.684. The molecule has 0 fully saturated rings. The lowest BCUT2D eigenvalue weighted by atomic mass is 10.1. The van der Waals surface area contributed by atoms with Gasteiger partial charge >= 0.3 is 0 Å². The molecule has 0 aromatic carbocycles. The molecule has 0 atom stereocenters. The molecule has 1 aromatic rings. The second kappa shape index (κ2) is 3.27. The Bertz CT molecular complexity index is 247. The number of aliphatic hydroxyl groups is 1. The zero-order chi connectivity index (χ0) is 9.19. The molecular weight excluding hydrogens is 152 g/mol. The Kier molecular flexibility index (Phi) is 2.52. The smallest absolute Gasteiger partial charge is 0.0786 e. The van der Waals surface area contributed by atoms with Crippen LogP contribution in [-0.2, 0) is 13.0 Å². The third kappa shape index (κ3) is 2.66. The zero-order valence-corrected chi connectivity index (χ0v) is 7.91. The summed E-state index contributed by atoms with van der Waals surface area (Å²) in [5, 5.41) is 13.8. The molecule has 3 nitrogen and oxygen atoms in total. The van der Waals surface area contributed by atoms with Crippen LogP contribution in [0.15, 0.2) is 12.3 Å². The van der Waals surface area contributed by atoms with Crippen LogP contribution in [-0.4, -0.2) is 20.5 Å². The van der Waals surface area contributed by atoms with Gasteiger partial charge in [-0.3, -0.25) is 4.68 Å². The largest absolute Gasteiger partial charge is 0.389 e. The van der Waals surface area contributed by atoms with Crippen molar-refractivity contribution in [1.29, 1.82) is 0 Å². The number of hydrogen-bond donors (Lipinski definition) is 1. The van der Waals surface area contributed by atoms with E-state index in [1.807, 2.05) is 12.3 Å². The molecule has 0 unspecified atom stereocenters. The summed E-state index contributed by atoms with van der Waals surface area (Å²) >= 11 is 0. The quantitative estimate of drug-likeness (QED) is 0.736. The second-order valence-electron chi connectivity index (χ2n) is 3.67. The molecule has 0 aliphatic heterocycles. The fraction of sp³-hybridized carbons (Fsp3) is 0.667. The Morgan fingerprint density at radius 1 is 1.58 bits per heavy atom. The highest BCUT2D eigenvalue weighted by Gasteiger charge is 2.13. The van der Waals surface area contributed by atoms with Gasteiger partial charge in [-0.15, -0.1) is 0 Å². The van der Waals surface area contributed by atoms with E-state index >= 15 is 0 Å². The lowest BCUT2D eigenvalue weighted by Crippen LogP contribution is -2.26. The van der Waals surface area contributed by atoms with Gasteiger partial charge in [-0.1, -0.05) is 6.92 Å². The molecule has 0 amide bonds. The van der Waals surface area contributed by atoms with Gasteiger partial charge in [0.25, 0.3) is 0 Å². The summed E-state index contributed by atoms with van der Waals surface area (Å²) < 4.78 is 1.78. The van der Waals surface area contributed by atoms with Gasteiger partial charge in [-0.25, -0.2) is 0 Å². The maximum Gasteiger partial charge on any atom is 0.0786 e. The Balaban J connectivity index is 2.64. The average molecular weight is 168 g/mol. The van der Waals surface area contributed by atoms with Gasteiger partial charge < -0.3 is 5.11 Å². The number of rotatable bonds is 3. The first-order valence-electron chi connectivity index (χ1n) is 4.26. The summed E-state index contributed by atoms with van der Waals surface area (Å²) in [5.41, 5.74) is 0.385. The maximum atomic E-state index is 9.49. The fourth-order valence-electron chi connectivity index (χ4n) is 1.08. The lowest BCUT2D eigenvalue weighted by Gasteiger charge is -2.16. The molecule has 0 saturated carbocycles. The highest BCUT2D eigenvalue weighted by Crippen LogP contribution is 2.05. The minimum absolute atomic E-state index is 0.549. The highest BCUT2D eigenvalue weighted by molar-refractivity contribution is 4.98. The Morgan fingerprint density at radius 3 is 2.67 bits per heavy atom. The fourth-order valence-corrected chi connectivity index (χ4v) is 1.08. The maximum absolute atomic E-state index is 9.49. The SMILES string of the molecule is CCc1ccn(CC(C)(C)O)n1. The third-order valence-corrected chi connectivity index (χ3v) is 1.61. The molecule has 68 valence electrons. The van der Waals surface area contributed by atoms with Crippen molar-refractivity contribution in [2.24, 2.45) is 0 Å². The third-order valence-electron chi connectivity index (χ3n) is 1.61. The molecule has 0 aliphatic rings. The molecule has 1 heterocycles. The van der Waals surface area contributed by atoms with Crippen molar-refractivity contribution in [3.8, 4) is 0 Å². The van der Waals surface area contributed by atoms with Crippen molar-refractivity contribution in [2.75, 3.05) is 0 Å². The first kappa shape index (κ1) is 9.26. The van der Waals surface area contributed by atoms with Crippen LogP contribution in [0.25, 0.3) is 0 Å². The molecule has 0 saturated heterocycles. The van der Waals surface area contributed by atoms with Crippen LogP contribution in [0.3, 0.4) is 0 Å². The van der Waals surface area contributed by atoms with E-state index in [4.69, 9.17) is 0 Å². The van der Waals surface area contributed by atoms with Crippen molar-refractivity contribution in [2.45, 2.75) is 39.3 Å². The van der Waals surface area contributed by atoms with E-state index in [0.717, 1.165) is 12.1 Å². The molecular formula is C9H16N2O. The monoisotopic (exact) mass is 168 g/mol. The van der Waals surface area contributed by atoms with E-state index in [9.17, 15) is 5.11 Å². The summed E-state index contributed by atoms with van der Waals surface area (Å²) in [6.45, 7) is 6.17. The van der Waals surface area contributed by atoms with Crippen LogP contribution >= 0.6 is 0 Å². The van der Waals surface area contributed by atoms with Crippen LogP contribution in [0.1, 0.15) is 26.5 Å². The molecule has 1 N–H and O–H groups in total. The van der Waals surface area contributed by atoms with E-state index in [1.54, 1.807) is 18.5 Å². The summed E-state index contributed by atoms with van der Waals surface area (Å²) in [6.07, 6.45) is 2.84. The Labute approximate surface area is 73.0 Å². The van der Waals surface area contributed by atoms with Gasteiger partial charge in [-0.2, -0.15) is 5.10 Å². The van der Waals surface area contributed by atoms with E-state index in [1.165, 1.54) is 0 Å². The predicted molar refractivity (Wildman–Crippen MR) is 47.9 cm³/mol. The number of nitrogens with zero attached hydrogens (tertiary/aromatic N) is 2. The predicted octanol–water partition coefficient (Wildman–Crippen LogP) is 1.22. The Morgan fingerprint density at radius 2 is 2.25 bits per heavy atom. The van der Waals surface area contributed by atoms with E-state index in [0.29, 0.717) is 6.54 Å². The van der Waals surface area contributed by atoms with Crippen molar-refractivity contribution >= 4 is 0 Å². The molecule has 3 heteroatoms. The normalized spacial score (nSPS) is 12.0. The van der Waals surface area contributed by atoms with Crippen molar-refractivity contribution in [1.82, 2.24) is 9.78 Å². The Hall–Kier alpha value is -0.830. The van der Waals surface area contributed by atoms with Crippen molar-refractivity contribution in [3.63, 3.8) is 0 Å². The molecule has 12 heavy (non-hydrogen) atoms. The van der Waals surface area contributed by atoms with E-state index in [-0.39, 0.29) is 0 Å². The summed E-state index contributed by atoms with van der Waals surface area (Å²) in [4.78, 5) is 0. The topological polar surface area (TPSA) is 38.0 Å². The van der Waals surface area contributed by atoms with Gasteiger partial charge in [0.1, 0.15) is 0 Å². The van der Waals surface area contributed by atoms with Crippen molar-refractivity contribution < 1.29 is 5.11 Å². The standard InChI is InChI=1S/C9H16N2O/c1-4-8-5-6-11(10-8)7-9(2,3)12/h5-6,12H,4,7H2,1-3H3. The number of aromatic nitrogens is 2. The van der Waals surface area contributed by atoms with Crippen LogP contribution in [0.5, 0.6) is 0 Å². The molecule has 1 rings (SSSR count). The molecule has 0 bridgehead atoms. The molecule has 1 aromatic heterocycles. The lowest BCUT2D eigenvalue weighted by molar-refractivity contribution is 0.0576. The van der Waals surface area contributed by atoms with E-state index in [2.05, 4.69) is 12.0 Å². The first-order valence-corrected chi connectivity index (χ1v) is 4.26. The van der Waals surface area contributed by atoms with Crippen LogP contribution in [0.4, 0.5) is 0 Å². The van der Waals surface area contributed by atoms with Crippen LogP contribution < -0.4 is 0 Å². The van der Waals surface area contributed by atoms with Gasteiger partial charge in [0, 0.05) is 6.20 Å². The van der Waals surface area contributed by atoms with Gasteiger partial charge in [0.2, 0.25) is 0 Å². The summed E-state index contributed by atoms with van der Waals surface area (Å²) in [6, 6.07) is 1.98. The summed E-state index contributed by atoms with van der Waals surface area (Å²) in [5.74, 6) is 0. The highest BCUT2D eigenvalue weighted by atomic mass is 16.3. The number of hydrogen-bond acceptors (Lipinski definition) is 2. The first-order chi connectivity index (χ1) is 5.51. The average Bonchev–Trinajstić information content (AvgIpc) is 2.32. The summed E-state index contributed by atoms with van der Waals surface area (Å²) in [7, 11) is 0. The molecule has 0 aliphatic carbocycles. The van der Waals surface area contributed by atoms with Gasteiger partial charge in [0.15, 0.2) is 0 Å². The molecule has 0 spiro atoms. The van der Waals surface area contributed by atoms with E-state index < -0.39 is 5.60 Å². The zero-order valence-electron chi connectivity index (χ0n) is 7.91. The second-order valence-corrected chi connectivity index (χ2v) is 3.67. The minimum Gasteiger partial charge on any atom is -0.389 e. The molecule has 0 radical (unpaired) electrons. The number of aryl methyl sites for hydroxylation is 1. The van der Waals surface area contributed by atoms with Crippen LogP contribution in [0.2, 0.25) is 0 Å². The van der Waals surface area contributed by atoms with Crippen molar-refractivity contribution in [3.05, 3.63) is 18.0 Å². The van der Waals surface area contributed by atoms with Gasteiger partial charge in [0.05, 0.1) is 17.8 Å². The van der Waals surface area contributed by atoms with Gasteiger partial charge in [-0.05, 0) is 26.3 Å². The van der Waals surface area contributed by atoms with Crippen LogP contribution in [0, 0.1) is 0 Å².